The molecule has 3 N–H and O–H groups in total. The van der Waals surface area contributed by atoms with E-state index in [1.54, 1.807) is 37.7 Å². The van der Waals surface area contributed by atoms with E-state index in [0.717, 1.165) is 22.4 Å². The molecule has 0 aliphatic rings. The van der Waals surface area contributed by atoms with Crippen LogP contribution in [0, 0.1) is 0 Å². The maximum Gasteiger partial charge on any atom is 0.255 e. The second-order valence-corrected chi connectivity index (χ2v) is 6.01. The monoisotopic (exact) mass is 347 g/mol. The van der Waals surface area contributed by atoms with Gasteiger partial charge in [0.2, 0.25) is 0 Å². The number of rotatable bonds is 5. The van der Waals surface area contributed by atoms with Crippen molar-refractivity contribution in [3.63, 3.8) is 0 Å². The summed E-state index contributed by atoms with van der Waals surface area (Å²) in [4.78, 5) is 16.6. The molecule has 0 bridgehead atoms. The van der Waals surface area contributed by atoms with Gasteiger partial charge in [-0.2, -0.15) is 0 Å². The summed E-state index contributed by atoms with van der Waals surface area (Å²) in [6.07, 6.45) is 3.27. The molecule has 1 amide bonds. The van der Waals surface area contributed by atoms with Crippen molar-refractivity contribution in [3.8, 4) is 16.9 Å². The number of nitrogens with one attached hydrogen (secondary N) is 1. The number of carbonyl (C=O) groups excluding carboxylic acids is 1. The molecular weight excluding hydrogens is 326 g/mol. The first-order chi connectivity index (χ1) is 12.6. The van der Waals surface area contributed by atoms with Crippen molar-refractivity contribution in [2.75, 3.05) is 12.4 Å². The van der Waals surface area contributed by atoms with Crippen LogP contribution in [0.1, 0.15) is 28.9 Å². The van der Waals surface area contributed by atoms with Crippen molar-refractivity contribution < 1.29 is 9.53 Å². The molecule has 2 aromatic carbocycles. The van der Waals surface area contributed by atoms with E-state index < -0.39 is 0 Å². The number of ether oxygens (including phenoxy) is 1. The lowest BCUT2D eigenvalue weighted by Gasteiger charge is -2.15. The molecule has 1 heterocycles. The summed E-state index contributed by atoms with van der Waals surface area (Å²) in [5.74, 6) is 0.571. The highest BCUT2D eigenvalue weighted by Crippen LogP contribution is 2.31. The van der Waals surface area contributed by atoms with Gasteiger partial charge in [0, 0.05) is 29.7 Å². The summed E-state index contributed by atoms with van der Waals surface area (Å²) < 4.78 is 5.32. The lowest BCUT2D eigenvalue weighted by molar-refractivity contribution is 0.102. The van der Waals surface area contributed by atoms with Gasteiger partial charge in [-0.3, -0.25) is 9.78 Å². The maximum absolute atomic E-state index is 12.6. The average molecular weight is 347 g/mol. The molecule has 0 fully saturated rings. The molecule has 0 radical (unpaired) electrons. The quantitative estimate of drug-likeness (QED) is 0.730. The molecule has 0 aliphatic carbocycles. The molecule has 1 atom stereocenters. The third-order valence-corrected chi connectivity index (χ3v) is 4.12. The van der Waals surface area contributed by atoms with Crippen LogP contribution in [-0.4, -0.2) is 18.0 Å². The fraction of sp³-hybridized carbons (Fsp3) is 0.143. The van der Waals surface area contributed by atoms with Crippen LogP contribution >= 0.6 is 0 Å². The Balaban J connectivity index is 1.99. The molecule has 0 spiro atoms. The summed E-state index contributed by atoms with van der Waals surface area (Å²) in [5, 5.41) is 2.87. The van der Waals surface area contributed by atoms with Gasteiger partial charge in [-0.15, -0.1) is 0 Å². The standard InChI is InChI=1S/C21H21N3O2/c1-14(22)19-7-6-16(21(25)24-17-8-10-23-11-9-17)13-20(19)15-4-3-5-18(12-15)26-2/h3-14H,22H2,1-2H3,(H,23,24,25). The topological polar surface area (TPSA) is 77.2 Å². The molecule has 3 rings (SSSR count). The van der Waals surface area contributed by atoms with E-state index in [2.05, 4.69) is 10.3 Å². The molecular formula is C21H21N3O2. The smallest absolute Gasteiger partial charge is 0.255 e. The molecule has 0 aliphatic heterocycles. The average Bonchev–Trinajstić information content (AvgIpc) is 2.68. The van der Waals surface area contributed by atoms with Crippen LogP contribution in [0.5, 0.6) is 5.75 Å². The number of pyridine rings is 1. The largest absolute Gasteiger partial charge is 0.497 e. The second kappa shape index (κ2) is 7.80. The van der Waals surface area contributed by atoms with Crippen LogP contribution in [0.25, 0.3) is 11.1 Å². The number of aromatic nitrogens is 1. The Labute approximate surface area is 152 Å². The van der Waals surface area contributed by atoms with E-state index in [1.165, 1.54) is 0 Å². The van der Waals surface area contributed by atoms with E-state index in [-0.39, 0.29) is 11.9 Å². The van der Waals surface area contributed by atoms with Gasteiger partial charge in [-0.25, -0.2) is 0 Å². The van der Waals surface area contributed by atoms with Gasteiger partial charge in [0.05, 0.1) is 7.11 Å². The number of hydrogen-bond donors (Lipinski definition) is 2. The van der Waals surface area contributed by atoms with Crippen molar-refractivity contribution in [2.24, 2.45) is 5.73 Å². The lowest BCUT2D eigenvalue weighted by atomic mass is 9.93. The number of methoxy groups -OCH3 is 1. The Morgan fingerprint density at radius 3 is 2.58 bits per heavy atom. The molecule has 0 saturated carbocycles. The molecule has 132 valence electrons. The summed E-state index contributed by atoms with van der Waals surface area (Å²) in [7, 11) is 1.63. The molecule has 26 heavy (non-hydrogen) atoms. The zero-order chi connectivity index (χ0) is 18.5. The van der Waals surface area contributed by atoms with Gasteiger partial charge < -0.3 is 15.8 Å². The molecule has 5 heteroatoms. The molecule has 5 nitrogen and oxygen atoms in total. The summed E-state index contributed by atoms with van der Waals surface area (Å²) in [6, 6.07) is 16.6. The Morgan fingerprint density at radius 2 is 1.88 bits per heavy atom. The Kier molecular flexibility index (Phi) is 5.29. The minimum atomic E-state index is -0.184. The van der Waals surface area contributed by atoms with Crippen molar-refractivity contribution in [3.05, 3.63) is 78.1 Å². The fourth-order valence-electron chi connectivity index (χ4n) is 2.77. The minimum Gasteiger partial charge on any atom is -0.497 e. The predicted molar refractivity (Wildman–Crippen MR) is 103 cm³/mol. The molecule has 3 aromatic rings. The van der Waals surface area contributed by atoms with E-state index in [4.69, 9.17) is 10.5 Å². The minimum absolute atomic E-state index is 0.159. The maximum atomic E-state index is 12.6. The normalized spacial score (nSPS) is 11.7. The van der Waals surface area contributed by atoms with E-state index >= 15 is 0 Å². The van der Waals surface area contributed by atoms with Gasteiger partial charge in [0.25, 0.3) is 5.91 Å². The number of hydrogen-bond acceptors (Lipinski definition) is 4. The first-order valence-corrected chi connectivity index (χ1v) is 8.34. The third-order valence-electron chi connectivity index (χ3n) is 4.12. The first kappa shape index (κ1) is 17.6. The van der Waals surface area contributed by atoms with E-state index in [1.807, 2.05) is 43.3 Å². The summed E-state index contributed by atoms with van der Waals surface area (Å²) in [5.41, 5.74) is 10.2. The van der Waals surface area contributed by atoms with Crippen LogP contribution in [-0.2, 0) is 0 Å². The number of nitrogens with two attached hydrogens (primary N) is 1. The first-order valence-electron chi connectivity index (χ1n) is 8.34. The summed E-state index contributed by atoms with van der Waals surface area (Å²) in [6.45, 7) is 1.93. The van der Waals surface area contributed by atoms with Crippen molar-refractivity contribution in [1.82, 2.24) is 4.98 Å². The van der Waals surface area contributed by atoms with Crippen LogP contribution in [0.4, 0.5) is 5.69 Å². The highest BCUT2D eigenvalue weighted by Gasteiger charge is 2.14. The summed E-state index contributed by atoms with van der Waals surface area (Å²) >= 11 is 0. The van der Waals surface area contributed by atoms with Crippen LogP contribution in [0.3, 0.4) is 0 Å². The Morgan fingerprint density at radius 1 is 1.12 bits per heavy atom. The van der Waals surface area contributed by atoms with E-state index in [9.17, 15) is 4.79 Å². The number of nitrogens with zero attached hydrogens (tertiary/aromatic N) is 1. The van der Waals surface area contributed by atoms with Crippen LogP contribution < -0.4 is 15.8 Å². The number of amides is 1. The van der Waals surface area contributed by atoms with Crippen molar-refractivity contribution in [1.29, 1.82) is 0 Å². The third kappa shape index (κ3) is 3.90. The number of benzene rings is 2. The van der Waals surface area contributed by atoms with Crippen molar-refractivity contribution >= 4 is 11.6 Å². The van der Waals surface area contributed by atoms with Gasteiger partial charge in [-0.05, 0) is 60.0 Å². The SMILES string of the molecule is COc1cccc(-c2cc(C(=O)Nc3ccncc3)ccc2C(C)N)c1. The molecule has 1 unspecified atom stereocenters. The van der Waals surface area contributed by atoms with Crippen LogP contribution in [0.2, 0.25) is 0 Å². The predicted octanol–water partition coefficient (Wildman–Crippen LogP) is 4.03. The van der Waals surface area contributed by atoms with E-state index in [0.29, 0.717) is 11.3 Å². The lowest BCUT2D eigenvalue weighted by Crippen LogP contribution is -2.13. The highest BCUT2D eigenvalue weighted by molar-refractivity contribution is 6.05. The van der Waals surface area contributed by atoms with Gasteiger partial charge in [0.15, 0.2) is 0 Å². The van der Waals surface area contributed by atoms with Gasteiger partial charge in [0.1, 0.15) is 5.75 Å². The highest BCUT2D eigenvalue weighted by atomic mass is 16.5. The van der Waals surface area contributed by atoms with Crippen molar-refractivity contribution in [2.45, 2.75) is 13.0 Å². The number of carbonyl (C=O) groups is 1. The zero-order valence-electron chi connectivity index (χ0n) is 14.8. The number of anilines is 1. The Bertz CT molecular complexity index is 908. The fourth-order valence-corrected chi connectivity index (χ4v) is 2.77. The van der Waals surface area contributed by atoms with Gasteiger partial charge >= 0.3 is 0 Å². The van der Waals surface area contributed by atoms with Crippen LogP contribution in [0.15, 0.2) is 67.0 Å². The second-order valence-electron chi connectivity index (χ2n) is 6.01. The molecule has 1 aromatic heterocycles. The zero-order valence-corrected chi connectivity index (χ0v) is 14.8. The molecule has 0 saturated heterocycles. The Hall–Kier alpha value is -3.18. The van der Waals surface area contributed by atoms with Gasteiger partial charge in [-0.1, -0.05) is 18.2 Å².